The molecular formula is C22H21N5O4. The first-order chi connectivity index (χ1) is 15.0. The zero-order valence-electron chi connectivity index (χ0n) is 16.8. The van der Waals surface area contributed by atoms with Gasteiger partial charge in [-0.25, -0.2) is 0 Å². The Balaban J connectivity index is 1.41. The number of carbonyl (C=O) groups excluding carboxylic acids is 1. The molecule has 1 amide bonds. The predicted molar refractivity (Wildman–Crippen MR) is 114 cm³/mol. The normalized spacial score (nSPS) is 14.4. The molecule has 0 N–H and O–H groups in total. The molecule has 158 valence electrons. The van der Waals surface area contributed by atoms with E-state index in [0.29, 0.717) is 38.4 Å². The molecule has 0 saturated carbocycles. The van der Waals surface area contributed by atoms with Gasteiger partial charge in [-0.05, 0) is 23.8 Å². The summed E-state index contributed by atoms with van der Waals surface area (Å²) in [5.74, 6) is -0.223. The van der Waals surface area contributed by atoms with Crippen LogP contribution >= 0.6 is 0 Å². The van der Waals surface area contributed by atoms with Crippen LogP contribution in [0, 0.1) is 10.1 Å². The van der Waals surface area contributed by atoms with Crippen LogP contribution in [0.15, 0.2) is 71.5 Å². The Morgan fingerprint density at radius 2 is 1.71 bits per heavy atom. The highest BCUT2D eigenvalue weighted by Gasteiger charge is 2.24. The Bertz CT molecular complexity index is 1150. The Morgan fingerprint density at radius 3 is 2.42 bits per heavy atom. The summed E-state index contributed by atoms with van der Waals surface area (Å²) in [6.07, 6.45) is 0. The van der Waals surface area contributed by atoms with Gasteiger partial charge in [-0.15, -0.1) is 0 Å². The number of benzene rings is 2. The number of hydrogen-bond acceptors (Lipinski definition) is 6. The number of piperazine rings is 1. The van der Waals surface area contributed by atoms with Gasteiger partial charge in [0.25, 0.3) is 17.2 Å². The van der Waals surface area contributed by atoms with E-state index in [1.54, 1.807) is 41.3 Å². The van der Waals surface area contributed by atoms with E-state index >= 15 is 0 Å². The molecule has 9 nitrogen and oxygen atoms in total. The highest BCUT2D eigenvalue weighted by Crippen LogP contribution is 2.16. The van der Waals surface area contributed by atoms with Gasteiger partial charge in [0, 0.05) is 50.9 Å². The van der Waals surface area contributed by atoms with Crippen molar-refractivity contribution in [3.8, 4) is 5.69 Å². The maximum atomic E-state index is 12.9. The maximum Gasteiger partial charge on any atom is 0.274 e. The molecule has 0 bridgehead atoms. The number of carbonyl (C=O) groups is 1. The van der Waals surface area contributed by atoms with Gasteiger partial charge in [0.2, 0.25) is 0 Å². The van der Waals surface area contributed by atoms with E-state index < -0.39 is 4.92 Å². The molecule has 3 aromatic rings. The van der Waals surface area contributed by atoms with Crippen molar-refractivity contribution < 1.29 is 9.72 Å². The number of amides is 1. The lowest BCUT2D eigenvalue weighted by molar-refractivity contribution is -0.384. The monoisotopic (exact) mass is 419 g/mol. The summed E-state index contributed by atoms with van der Waals surface area (Å²) in [6.45, 7) is 2.90. The van der Waals surface area contributed by atoms with Crippen LogP contribution in [0.3, 0.4) is 0 Å². The summed E-state index contributed by atoms with van der Waals surface area (Å²) in [5.41, 5.74) is 1.46. The summed E-state index contributed by atoms with van der Waals surface area (Å²) >= 11 is 0. The largest absolute Gasteiger partial charge is 0.335 e. The molecule has 1 fully saturated rings. The second-order valence-corrected chi connectivity index (χ2v) is 7.30. The SMILES string of the molecule is O=C(c1ccc(=O)n(-c2ccccc2)n1)N1CCN(Cc2cccc([N+](=O)[O-])c2)CC1. The molecule has 2 heterocycles. The van der Waals surface area contributed by atoms with Crippen molar-refractivity contribution >= 4 is 11.6 Å². The summed E-state index contributed by atoms with van der Waals surface area (Å²) in [6, 6.07) is 18.4. The molecule has 1 aliphatic rings. The molecule has 4 rings (SSSR count). The smallest absolute Gasteiger partial charge is 0.274 e. The van der Waals surface area contributed by atoms with Gasteiger partial charge in [-0.2, -0.15) is 9.78 Å². The molecule has 1 aromatic heterocycles. The fourth-order valence-corrected chi connectivity index (χ4v) is 3.58. The number of nitrogens with zero attached hydrogens (tertiary/aromatic N) is 5. The molecule has 0 unspecified atom stereocenters. The third-order valence-corrected chi connectivity index (χ3v) is 5.21. The van der Waals surface area contributed by atoms with Crippen LogP contribution in [0.2, 0.25) is 0 Å². The minimum absolute atomic E-state index is 0.0749. The van der Waals surface area contributed by atoms with Gasteiger partial charge in [-0.3, -0.25) is 24.6 Å². The summed E-state index contributed by atoms with van der Waals surface area (Å²) < 4.78 is 1.23. The fourth-order valence-electron chi connectivity index (χ4n) is 3.58. The van der Waals surface area contributed by atoms with E-state index in [1.807, 2.05) is 12.1 Å². The molecular weight excluding hydrogens is 398 g/mol. The number of aromatic nitrogens is 2. The summed E-state index contributed by atoms with van der Waals surface area (Å²) in [7, 11) is 0. The van der Waals surface area contributed by atoms with Crippen molar-refractivity contribution in [3.05, 3.63) is 98.5 Å². The van der Waals surface area contributed by atoms with Crippen molar-refractivity contribution in [1.82, 2.24) is 19.6 Å². The van der Waals surface area contributed by atoms with E-state index in [4.69, 9.17) is 0 Å². The first kappa shape index (κ1) is 20.4. The second-order valence-electron chi connectivity index (χ2n) is 7.30. The number of nitro groups is 1. The van der Waals surface area contributed by atoms with Crippen molar-refractivity contribution in [2.75, 3.05) is 26.2 Å². The first-order valence-corrected chi connectivity index (χ1v) is 9.92. The number of hydrogen-bond donors (Lipinski definition) is 0. The fraction of sp³-hybridized carbons (Fsp3) is 0.227. The maximum absolute atomic E-state index is 12.9. The number of non-ortho nitro benzene ring substituents is 1. The highest BCUT2D eigenvalue weighted by atomic mass is 16.6. The van der Waals surface area contributed by atoms with Crippen LogP contribution in [0.1, 0.15) is 16.1 Å². The van der Waals surface area contributed by atoms with Gasteiger partial charge in [0.15, 0.2) is 0 Å². The quantitative estimate of drug-likeness (QED) is 0.464. The van der Waals surface area contributed by atoms with Crippen LogP contribution < -0.4 is 5.56 Å². The Morgan fingerprint density at radius 1 is 0.968 bits per heavy atom. The molecule has 9 heteroatoms. The number of rotatable bonds is 5. The lowest BCUT2D eigenvalue weighted by Gasteiger charge is -2.34. The van der Waals surface area contributed by atoms with Gasteiger partial charge in [-0.1, -0.05) is 30.3 Å². The van der Waals surface area contributed by atoms with Crippen LogP contribution in [0.4, 0.5) is 5.69 Å². The zero-order chi connectivity index (χ0) is 21.8. The van der Waals surface area contributed by atoms with Crippen molar-refractivity contribution in [1.29, 1.82) is 0 Å². The second kappa shape index (κ2) is 8.88. The molecule has 1 aliphatic heterocycles. The van der Waals surface area contributed by atoms with Crippen molar-refractivity contribution in [2.24, 2.45) is 0 Å². The molecule has 0 atom stereocenters. The van der Waals surface area contributed by atoms with Crippen LogP contribution in [0.5, 0.6) is 0 Å². The average Bonchev–Trinajstić information content (AvgIpc) is 2.80. The minimum atomic E-state index is -0.401. The van der Waals surface area contributed by atoms with Crippen molar-refractivity contribution in [2.45, 2.75) is 6.54 Å². The predicted octanol–water partition coefficient (Wildman–Crippen LogP) is 2.10. The van der Waals surface area contributed by atoms with Crippen LogP contribution in [-0.2, 0) is 6.54 Å². The summed E-state index contributed by atoms with van der Waals surface area (Å²) in [4.78, 5) is 39.5. The summed E-state index contributed by atoms with van der Waals surface area (Å²) in [5, 5.41) is 15.2. The molecule has 2 aromatic carbocycles. The van der Waals surface area contributed by atoms with E-state index in [9.17, 15) is 19.7 Å². The molecule has 0 aliphatic carbocycles. The van der Waals surface area contributed by atoms with Gasteiger partial charge in [0.1, 0.15) is 5.69 Å². The Kier molecular flexibility index (Phi) is 5.85. The van der Waals surface area contributed by atoms with Gasteiger partial charge in [0.05, 0.1) is 10.6 Å². The molecule has 31 heavy (non-hydrogen) atoms. The number of nitro benzene ring substituents is 1. The highest BCUT2D eigenvalue weighted by molar-refractivity contribution is 5.92. The Labute approximate surface area is 178 Å². The van der Waals surface area contributed by atoms with E-state index in [0.717, 1.165) is 5.56 Å². The van der Waals surface area contributed by atoms with Gasteiger partial charge < -0.3 is 4.90 Å². The molecule has 0 spiro atoms. The molecule has 1 saturated heterocycles. The average molecular weight is 419 g/mol. The number of para-hydroxylation sites is 1. The van der Waals surface area contributed by atoms with E-state index in [1.165, 1.54) is 22.9 Å². The van der Waals surface area contributed by atoms with Crippen molar-refractivity contribution in [3.63, 3.8) is 0 Å². The van der Waals surface area contributed by atoms with Crippen LogP contribution in [-0.4, -0.2) is 56.6 Å². The third kappa shape index (κ3) is 4.67. The van der Waals surface area contributed by atoms with Gasteiger partial charge >= 0.3 is 0 Å². The minimum Gasteiger partial charge on any atom is -0.335 e. The molecule has 0 radical (unpaired) electrons. The lowest BCUT2D eigenvalue weighted by atomic mass is 10.1. The zero-order valence-corrected chi connectivity index (χ0v) is 16.8. The topological polar surface area (TPSA) is 102 Å². The standard InChI is InChI=1S/C22H21N5O4/c28-21-10-9-20(23-26(21)18-6-2-1-3-7-18)22(29)25-13-11-24(12-14-25)16-17-5-4-8-19(15-17)27(30)31/h1-10,15H,11-14,16H2. The van der Waals surface area contributed by atoms with E-state index in [-0.39, 0.29) is 22.8 Å². The first-order valence-electron chi connectivity index (χ1n) is 9.92. The van der Waals surface area contributed by atoms with E-state index in [2.05, 4.69) is 10.00 Å². The van der Waals surface area contributed by atoms with Crippen LogP contribution in [0.25, 0.3) is 5.69 Å². The third-order valence-electron chi connectivity index (χ3n) is 5.21. The lowest BCUT2D eigenvalue weighted by Crippen LogP contribution is -2.48. The Hall–Kier alpha value is -3.85.